The van der Waals surface area contributed by atoms with Crippen molar-refractivity contribution in [2.45, 2.75) is 19.9 Å². The van der Waals surface area contributed by atoms with Crippen LogP contribution in [-0.4, -0.2) is 15.9 Å². The van der Waals surface area contributed by atoms with Crippen LogP contribution in [-0.2, 0) is 13.0 Å². The fourth-order valence-corrected chi connectivity index (χ4v) is 1.78. The standard InChI is InChI=1S/C12H11Cl2N3O2/c1-2-7-4-16-11(19-7)6-17-12(18)8-3-10(14)15-5-9(8)13/h3-5H,2,6H2,1H3,(H,17,18). The van der Waals surface area contributed by atoms with Gasteiger partial charge in [-0.3, -0.25) is 4.79 Å². The minimum atomic E-state index is -0.356. The van der Waals surface area contributed by atoms with Gasteiger partial charge < -0.3 is 9.73 Å². The zero-order chi connectivity index (χ0) is 13.8. The third-order valence-electron chi connectivity index (χ3n) is 2.42. The first-order chi connectivity index (χ1) is 9.10. The molecule has 0 aliphatic carbocycles. The van der Waals surface area contributed by atoms with E-state index in [0.717, 1.165) is 12.2 Å². The van der Waals surface area contributed by atoms with Gasteiger partial charge in [0.25, 0.3) is 5.91 Å². The van der Waals surface area contributed by atoms with Crippen LogP contribution in [0.25, 0.3) is 0 Å². The van der Waals surface area contributed by atoms with Crippen LogP contribution in [0.5, 0.6) is 0 Å². The van der Waals surface area contributed by atoms with Crippen molar-refractivity contribution < 1.29 is 9.21 Å². The zero-order valence-corrected chi connectivity index (χ0v) is 11.6. The number of nitrogens with one attached hydrogen (secondary N) is 1. The summed E-state index contributed by atoms with van der Waals surface area (Å²) in [6.45, 7) is 2.15. The van der Waals surface area contributed by atoms with E-state index in [1.54, 1.807) is 6.20 Å². The average Bonchev–Trinajstić information content (AvgIpc) is 2.87. The molecule has 0 saturated heterocycles. The SMILES string of the molecule is CCc1cnc(CNC(=O)c2cc(Cl)ncc2Cl)o1. The van der Waals surface area contributed by atoms with Crippen LogP contribution < -0.4 is 5.32 Å². The van der Waals surface area contributed by atoms with E-state index >= 15 is 0 Å². The van der Waals surface area contributed by atoms with E-state index in [0.29, 0.717) is 5.89 Å². The van der Waals surface area contributed by atoms with E-state index in [1.807, 2.05) is 6.92 Å². The van der Waals surface area contributed by atoms with Crippen molar-refractivity contribution in [1.29, 1.82) is 0 Å². The third kappa shape index (κ3) is 3.45. The monoisotopic (exact) mass is 299 g/mol. The lowest BCUT2D eigenvalue weighted by atomic mass is 10.2. The number of oxazole rings is 1. The zero-order valence-electron chi connectivity index (χ0n) is 10.1. The van der Waals surface area contributed by atoms with Crippen LogP contribution in [0.3, 0.4) is 0 Å². The van der Waals surface area contributed by atoms with Gasteiger partial charge in [0.15, 0.2) is 0 Å². The molecule has 2 aromatic rings. The van der Waals surface area contributed by atoms with Crippen LogP contribution in [0.15, 0.2) is 22.9 Å². The Morgan fingerprint density at radius 3 is 2.84 bits per heavy atom. The second-order valence-corrected chi connectivity index (χ2v) is 4.54. The molecule has 0 aliphatic rings. The highest BCUT2D eigenvalue weighted by Crippen LogP contribution is 2.18. The Balaban J connectivity index is 2.03. The quantitative estimate of drug-likeness (QED) is 0.882. The van der Waals surface area contributed by atoms with E-state index in [1.165, 1.54) is 12.3 Å². The van der Waals surface area contributed by atoms with Gasteiger partial charge in [0.2, 0.25) is 5.89 Å². The van der Waals surface area contributed by atoms with Crippen molar-refractivity contribution in [1.82, 2.24) is 15.3 Å². The van der Waals surface area contributed by atoms with Gasteiger partial charge in [0, 0.05) is 12.6 Å². The van der Waals surface area contributed by atoms with Crippen molar-refractivity contribution in [3.8, 4) is 0 Å². The summed E-state index contributed by atoms with van der Waals surface area (Å²) < 4.78 is 5.38. The molecule has 2 rings (SSSR count). The lowest BCUT2D eigenvalue weighted by Crippen LogP contribution is -2.23. The van der Waals surface area contributed by atoms with Crippen molar-refractivity contribution in [3.63, 3.8) is 0 Å². The predicted molar refractivity (Wildman–Crippen MR) is 71.3 cm³/mol. The highest BCUT2D eigenvalue weighted by atomic mass is 35.5. The van der Waals surface area contributed by atoms with Gasteiger partial charge in [-0.1, -0.05) is 30.1 Å². The number of hydrogen-bond donors (Lipinski definition) is 1. The molecule has 5 nitrogen and oxygen atoms in total. The summed E-state index contributed by atoms with van der Waals surface area (Å²) in [4.78, 5) is 19.7. The maximum atomic E-state index is 11.9. The summed E-state index contributed by atoms with van der Waals surface area (Å²) in [6.07, 6.45) is 3.73. The van der Waals surface area contributed by atoms with Crippen LogP contribution in [0.2, 0.25) is 10.2 Å². The summed E-state index contributed by atoms with van der Waals surface area (Å²) >= 11 is 11.6. The number of amides is 1. The minimum Gasteiger partial charge on any atom is -0.444 e. The number of hydrogen-bond acceptors (Lipinski definition) is 4. The van der Waals surface area contributed by atoms with Gasteiger partial charge in [-0.15, -0.1) is 0 Å². The number of rotatable bonds is 4. The van der Waals surface area contributed by atoms with Crippen LogP contribution >= 0.6 is 23.2 Å². The van der Waals surface area contributed by atoms with Crippen LogP contribution in [0.4, 0.5) is 0 Å². The summed E-state index contributed by atoms with van der Waals surface area (Å²) in [5.74, 6) is 0.862. The van der Waals surface area contributed by atoms with E-state index in [2.05, 4.69) is 15.3 Å². The average molecular weight is 300 g/mol. The van der Waals surface area contributed by atoms with Crippen molar-refractivity contribution in [2.75, 3.05) is 0 Å². The lowest BCUT2D eigenvalue weighted by Gasteiger charge is -2.04. The Morgan fingerprint density at radius 1 is 1.37 bits per heavy atom. The van der Waals surface area contributed by atoms with Gasteiger partial charge in [-0.05, 0) is 6.07 Å². The second-order valence-electron chi connectivity index (χ2n) is 3.74. The van der Waals surface area contributed by atoms with Gasteiger partial charge in [0.05, 0.1) is 23.3 Å². The van der Waals surface area contributed by atoms with E-state index in [-0.39, 0.29) is 28.2 Å². The fraction of sp³-hybridized carbons (Fsp3) is 0.250. The topological polar surface area (TPSA) is 68.0 Å². The third-order valence-corrected chi connectivity index (χ3v) is 2.92. The maximum absolute atomic E-state index is 11.9. The largest absolute Gasteiger partial charge is 0.444 e. The Hall–Kier alpha value is -1.59. The molecule has 0 fully saturated rings. The Labute approximate surface area is 119 Å². The predicted octanol–water partition coefficient (Wildman–Crippen LogP) is 2.87. The molecular weight excluding hydrogens is 289 g/mol. The Bertz CT molecular complexity index is 598. The number of carbonyl (C=O) groups is 1. The maximum Gasteiger partial charge on any atom is 0.253 e. The molecule has 1 N–H and O–H groups in total. The molecule has 0 unspecified atom stereocenters. The van der Waals surface area contributed by atoms with Crippen molar-refractivity contribution in [3.05, 3.63) is 45.9 Å². The normalized spacial score (nSPS) is 10.5. The molecule has 0 bridgehead atoms. The first-order valence-corrected chi connectivity index (χ1v) is 6.38. The number of nitrogens with zero attached hydrogens (tertiary/aromatic N) is 2. The first-order valence-electron chi connectivity index (χ1n) is 5.63. The molecule has 100 valence electrons. The number of pyridine rings is 1. The number of aryl methyl sites for hydroxylation is 1. The smallest absolute Gasteiger partial charge is 0.253 e. The summed E-state index contributed by atoms with van der Waals surface area (Å²) in [5, 5.41) is 3.10. The molecule has 7 heteroatoms. The number of halogens is 2. The highest BCUT2D eigenvalue weighted by Gasteiger charge is 2.12. The second kappa shape index (κ2) is 6.04. The molecule has 0 atom stereocenters. The summed E-state index contributed by atoms with van der Waals surface area (Å²) in [6, 6.07) is 1.41. The Morgan fingerprint density at radius 2 is 2.16 bits per heavy atom. The van der Waals surface area contributed by atoms with Gasteiger partial charge in [0.1, 0.15) is 10.9 Å². The Kier molecular flexibility index (Phi) is 4.39. The summed E-state index contributed by atoms with van der Waals surface area (Å²) in [5.41, 5.74) is 0.268. The van der Waals surface area contributed by atoms with Crippen molar-refractivity contribution in [2.24, 2.45) is 0 Å². The van der Waals surface area contributed by atoms with Crippen molar-refractivity contribution >= 4 is 29.1 Å². The molecule has 1 amide bonds. The number of carbonyl (C=O) groups excluding carboxylic acids is 1. The molecule has 2 aromatic heterocycles. The molecule has 0 aliphatic heterocycles. The minimum absolute atomic E-state index is 0.190. The van der Waals surface area contributed by atoms with E-state index < -0.39 is 0 Å². The van der Waals surface area contributed by atoms with E-state index in [9.17, 15) is 4.79 Å². The van der Waals surface area contributed by atoms with E-state index in [4.69, 9.17) is 27.6 Å². The van der Waals surface area contributed by atoms with Crippen LogP contribution in [0.1, 0.15) is 28.9 Å². The number of aromatic nitrogens is 2. The molecule has 19 heavy (non-hydrogen) atoms. The van der Waals surface area contributed by atoms with Gasteiger partial charge in [-0.2, -0.15) is 0 Å². The lowest BCUT2D eigenvalue weighted by molar-refractivity contribution is 0.0947. The highest BCUT2D eigenvalue weighted by molar-refractivity contribution is 6.35. The molecular formula is C12H11Cl2N3O2. The van der Waals surface area contributed by atoms with Crippen LogP contribution in [0, 0.1) is 0 Å². The molecule has 0 radical (unpaired) electrons. The summed E-state index contributed by atoms with van der Waals surface area (Å²) in [7, 11) is 0. The molecule has 2 heterocycles. The molecule has 0 saturated carbocycles. The molecule has 0 spiro atoms. The first kappa shape index (κ1) is 13.8. The van der Waals surface area contributed by atoms with Gasteiger partial charge >= 0.3 is 0 Å². The van der Waals surface area contributed by atoms with Gasteiger partial charge in [-0.25, -0.2) is 9.97 Å². The molecule has 0 aromatic carbocycles. The fourth-order valence-electron chi connectivity index (χ4n) is 1.43.